The molecule has 4 saturated carbocycles. The molecule has 1 aliphatic heterocycles. The van der Waals surface area contributed by atoms with E-state index >= 15 is 0 Å². The molecule has 1 heterocycles. The molecule has 6 aliphatic rings. The van der Waals surface area contributed by atoms with Crippen LogP contribution in [0.4, 0.5) is 0 Å². The van der Waals surface area contributed by atoms with Crippen LogP contribution in [0.15, 0.2) is 16.8 Å². The normalized spacial score (nSPS) is 41.9. The third kappa shape index (κ3) is 4.97. The van der Waals surface area contributed by atoms with Crippen LogP contribution in [-0.4, -0.2) is 52.2 Å². The van der Waals surface area contributed by atoms with E-state index < -0.39 is 5.97 Å². The van der Waals surface area contributed by atoms with Crippen LogP contribution in [0.25, 0.3) is 0 Å². The molecule has 7 nitrogen and oxygen atoms in total. The summed E-state index contributed by atoms with van der Waals surface area (Å²) in [6.45, 7) is 17.2. The minimum atomic E-state index is -0.426. The molecule has 5 fully saturated rings. The predicted octanol–water partition coefficient (Wildman–Crippen LogP) is 8.11. The van der Waals surface area contributed by atoms with Crippen molar-refractivity contribution in [3.05, 3.63) is 11.6 Å². The maximum atomic E-state index is 13.5. The van der Waals surface area contributed by atoms with Gasteiger partial charge in [0.25, 0.3) is 0 Å². The first-order chi connectivity index (χ1) is 21.4. The second-order valence-electron chi connectivity index (χ2n) is 17.4. The number of carbonyl (C=O) groups excluding carboxylic acids is 3. The van der Waals surface area contributed by atoms with Gasteiger partial charge in [0.1, 0.15) is 4.32 Å². The molecule has 0 aromatic carbocycles. The van der Waals surface area contributed by atoms with Crippen molar-refractivity contribution in [3.63, 3.8) is 0 Å². The number of carbonyl (C=O) groups is 3. The number of thiocarbonyl (C=S) groups is 1. The lowest BCUT2D eigenvalue weighted by Gasteiger charge is -2.70. The largest absolute Gasteiger partial charge is 0.469 e. The van der Waals surface area contributed by atoms with Crippen molar-refractivity contribution in [2.45, 2.75) is 119 Å². The van der Waals surface area contributed by atoms with Gasteiger partial charge in [0.05, 0.1) is 30.4 Å². The average molecular weight is 671 g/mol. The van der Waals surface area contributed by atoms with Gasteiger partial charge in [0, 0.05) is 12.0 Å². The van der Waals surface area contributed by atoms with Crippen LogP contribution >= 0.6 is 24.0 Å². The summed E-state index contributed by atoms with van der Waals surface area (Å²) in [6.07, 6.45) is 12.8. The van der Waals surface area contributed by atoms with E-state index in [4.69, 9.17) is 21.8 Å². The Bertz CT molecular complexity index is 1390. The molecule has 7 atom stereocenters. The van der Waals surface area contributed by atoms with Crippen LogP contribution in [0.5, 0.6) is 0 Å². The molecule has 1 saturated heterocycles. The lowest BCUT2D eigenvalue weighted by molar-refractivity contribution is -0.181. The van der Waals surface area contributed by atoms with Gasteiger partial charge in [0.2, 0.25) is 5.91 Å². The molecular formula is C37H54N2O5S2. The van der Waals surface area contributed by atoms with E-state index in [1.807, 2.05) is 0 Å². The van der Waals surface area contributed by atoms with E-state index in [9.17, 15) is 14.4 Å². The number of hydrogen-bond donors (Lipinski definition) is 0. The Morgan fingerprint density at radius 2 is 1.74 bits per heavy atom. The number of rotatable bonds is 5. The number of hydrogen-bond acceptors (Lipinski definition) is 8. The molecule has 0 unspecified atom stereocenters. The second-order valence-corrected chi connectivity index (χ2v) is 19.0. The molecule has 0 bridgehead atoms. The van der Waals surface area contributed by atoms with Gasteiger partial charge in [0.15, 0.2) is 0 Å². The molecule has 0 aromatic rings. The maximum Gasteiger partial charge on any atom is 0.336 e. The maximum absolute atomic E-state index is 13.5. The number of methoxy groups -OCH3 is 1. The molecule has 0 radical (unpaired) electrons. The van der Waals surface area contributed by atoms with E-state index in [-0.39, 0.29) is 63.2 Å². The summed E-state index contributed by atoms with van der Waals surface area (Å²) < 4.78 is 6.06. The van der Waals surface area contributed by atoms with Gasteiger partial charge in [-0.3, -0.25) is 14.5 Å². The number of oxime groups is 1. The molecule has 0 aromatic heterocycles. The second kappa shape index (κ2) is 11.4. The summed E-state index contributed by atoms with van der Waals surface area (Å²) in [6, 6.07) is 0. The Morgan fingerprint density at radius 1 is 1.02 bits per heavy atom. The first kappa shape index (κ1) is 34.1. The number of ether oxygens (including phenoxy) is 1. The fourth-order valence-corrected chi connectivity index (χ4v) is 12.9. The van der Waals surface area contributed by atoms with Crippen molar-refractivity contribution in [1.82, 2.24) is 4.90 Å². The summed E-state index contributed by atoms with van der Waals surface area (Å²) in [7, 11) is 1.57. The van der Waals surface area contributed by atoms with Crippen LogP contribution in [0.1, 0.15) is 119 Å². The van der Waals surface area contributed by atoms with E-state index in [0.29, 0.717) is 21.9 Å². The molecule has 46 heavy (non-hydrogen) atoms. The summed E-state index contributed by atoms with van der Waals surface area (Å²) in [4.78, 5) is 45.2. The molecular weight excluding hydrogens is 617 g/mol. The van der Waals surface area contributed by atoms with Crippen LogP contribution < -0.4 is 0 Å². The Morgan fingerprint density at radius 3 is 2.41 bits per heavy atom. The van der Waals surface area contributed by atoms with Crippen LogP contribution in [0.2, 0.25) is 0 Å². The Hall–Kier alpha value is -1.74. The highest BCUT2D eigenvalue weighted by Gasteiger charge is 2.69. The van der Waals surface area contributed by atoms with E-state index in [2.05, 4.69) is 59.7 Å². The molecule has 254 valence electrons. The number of amides is 1. The van der Waals surface area contributed by atoms with Crippen molar-refractivity contribution in [1.29, 1.82) is 0 Å². The summed E-state index contributed by atoms with van der Waals surface area (Å²) in [5.41, 5.74) is 2.45. The van der Waals surface area contributed by atoms with Gasteiger partial charge >= 0.3 is 11.9 Å². The van der Waals surface area contributed by atoms with E-state index in [1.165, 1.54) is 16.7 Å². The molecule has 9 heteroatoms. The van der Waals surface area contributed by atoms with Crippen molar-refractivity contribution < 1.29 is 24.0 Å². The molecule has 0 spiro atoms. The molecule has 1 amide bonds. The van der Waals surface area contributed by atoms with Crippen molar-refractivity contribution >= 4 is 51.9 Å². The lowest BCUT2D eigenvalue weighted by atomic mass is 9.33. The van der Waals surface area contributed by atoms with Gasteiger partial charge in [-0.25, -0.2) is 4.79 Å². The quantitative estimate of drug-likeness (QED) is 0.0961. The predicted molar refractivity (Wildman–Crippen MR) is 186 cm³/mol. The number of thioether (sulfide) groups is 1. The highest BCUT2D eigenvalue weighted by Crippen LogP contribution is 2.75. The van der Waals surface area contributed by atoms with Gasteiger partial charge < -0.3 is 9.57 Å². The van der Waals surface area contributed by atoms with Gasteiger partial charge in [-0.05, 0) is 104 Å². The first-order valence-corrected chi connectivity index (χ1v) is 18.9. The highest BCUT2D eigenvalue weighted by molar-refractivity contribution is 8.23. The lowest BCUT2D eigenvalue weighted by Crippen LogP contribution is -2.64. The summed E-state index contributed by atoms with van der Waals surface area (Å²) in [5, 5.41) is 4.50. The fraction of sp³-hybridized carbons (Fsp3) is 0.811. The third-order valence-corrected chi connectivity index (χ3v) is 16.1. The van der Waals surface area contributed by atoms with Crippen molar-refractivity contribution in [3.8, 4) is 0 Å². The van der Waals surface area contributed by atoms with Crippen molar-refractivity contribution in [2.24, 2.45) is 55.4 Å². The zero-order chi connectivity index (χ0) is 33.5. The SMILES string of the molecule is COC(=O)[C@]12CCC(C)(C)C[C@@H]1C1=CC[C@@H]3[C@@]4(C)CC/C(=N/OC(=O)CCN5C(=O)CSC5=S)C(C)(C)[C@@H]4CC[C@@]3(C)[C@]1(C)CC2. The Kier molecular flexibility index (Phi) is 8.47. The highest BCUT2D eigenvalue weighted by atomic mass is 32.2. The summed E-state index contributed by atoms with van der Waals surface area (Å²) in [5.74, 6) is 1.07. The zero-order valence-corrected chi connectivity index (χ0v) is 30.9. The fourth-order valence-electron chi connectivity index (χ4n) is 11.7. The van der Waals surface area contributed by atoms with Gasteiger partial charge in [-0.15, -0.1) is 0 Å². The van der Waals surface area contributed by atoms with Crippen LogP contribution in [0.3, 0.4) is 0 Å². The monoisotopic (exact) mass is 670 g/mol. The van der Waals surface area contributed by atoms with E-state index in [0.717, 1.165) is 69.9 Å². The Balaban J connectivity index is 1.24. The summed E-state index contributed by atoms with van der Waals surface area (Å²) >= 11 is 6.58. The van der Waals surface area contributed by atoms with Gasteiger partial charge in [-0.1, -0.05) is 89.3 Å². The molecule has 0 N–H and O–H groups in total. The van der Waals surface area contributed by atoms with Crippen LogP contribution in [0, 0.1) is 50.2 Å². The Labute approximate surface area is 285 Å². The first-order valence-electron chi connectivity index (χ1n) is 17.5. The van der Waals surface area contributed by atoms with E-state index in [1.54, 1.807) is 12.7 Å². The average Bonchev–Trinajstić information content (AvgIpc) is 3.31. The minimum Gasteiger partial charge on any atom is -0.469 e. The molecule has 5 aliphatic carbocycles. The standard InChI is InChI=1S/C37H54N2O5S2/c1-32(2)16-18-37(30(42)43-8)19-17-35(6)23(24(37)21-32)9-10-26-34(5)14-12-27(33(3,4)25(34)11-15-36(26,35)7)38-44-29(41)13-20-39-28(40)22-46-31(39)45/h9,24-26H,10-22H2,1-8H3/b38-27-/t24-,25+,26-,34+,35-,36-,37+/m1/s1. The number of nitrogens with zero attached hydrogens (tertiary/aromatic N) is 2. The third-order valence-electron chi connectivity index (χ3n) is 14.6. The minimum absolute atomic E-state index is 0.00689. The zero-order valence-electron chi connectivity index (χ0n) is 29.3. The number of fused-ring (bicyclic) bond motifs is 7. The smallest absolute Gasteiger partial charge is 0.336 e. The number of esters is 1. The van der Waals surface area contributed by atoms with Crippen LogP contribution in [-0.2, 0) is 24.0 Å². The topological polar surface area (TPSA) is 85.3 Å². The van der Waals surface area contributed by atoms with Crippen molar-refractivity contribution in [2.75, 3.05) is 19.4 Å². The number of allylic oxidation sites excluding steroid dienone is 2. The van der Waals surface area contributed by atoms with Gasteiger partial charge in [-0.2, -0.15) is 0 Å². The molecule has 6 rings (SSSR count).